The van der Waals surface area contributed by atoms with E-state index < -0.39 is 0 Å². The Morgan fingerprint density at radius 1 is 1.08 bits per heavy atom. The normalized spacial score (nSPS) is 11.6. The Hall–Kier alpha value is -2.66. The largest absolute Gasteiger partial charge is 0.330 e. The van der Waals surface area contributed by atoms with Crippen LogP contribution < -0.4 is 16.0 Å². The molecular weight excluding hydrogens is 302 g/mol. The van der Waals surface area contributed by atoms with Crippen LogP contribution in [0.1, 0.15) is 12.5 Å². The topological polar surface area (TPSA) is 75.4 Å². The van der Waals surface area contributed by atoms with Crippen LogP contribution in [0.15, 0.2) is 54.6 Å². The second-order valence-corrected chi connectivity index (χ2v) is 5.79. The second-order valence-electron chi connectivity index (χ2n) is 5.79. The van der Waals surface area contributed by atoms with Crippen molar-refractivity contribution >= 4 is 23.2 Å². The fourth-order valence-corrected chi connectivity index (χ4v) is 2.17. The highest BCUT2D eigenvalue weighted by molar-refractivity contribution is 5.94. The number of nitrogens with two attached hydrogens (primary N) is 1. The minimum atomic E-state index is -0.231. The lowest BCUT2D eigenvalue weighted by Gasteiger charge is -2.17. The van der Waals surface area contributed by atoms with Crippen molar-refractivity contribution in [1.82, 2.24) is 0 Å². The zero-order valence-corrected chi connectivity index (χ0v) is 14.0. The fraction of sp³-hybridized carbons (Fsp3) is 0.263. The molecule has 5 nitrogen and oxygen atoms in total. The Labute approximate surface area is 142 Å². The Morgan fingerprint density at radius 2 is 1.71 bits per heavy atom. The van der Waals surface area contributed by atoms with Gasteiger partial charge in [0, 0.05) is 30.9 Å². The van der Waals surface area contributed by atoms with Crippen molar-refractivity contribution in [3.05, 3.63) is 60.2 Å². The van der Waals surface area contributed by atoms with Gasteiger partial charge in [-0.3, -0.25) is 9.59 Å². The summed E-state index contributed by atoms with van der Waals surface area (Å²) in [6.07, 6.45) is 0.304. The number of rotatable bonds is 6. The van der Waals surface area contributed by atoms with Gasteiger partial charge in [0.05, 0.1) is 6.42 Å². The fourth-order valence-electron chi connectivity index (χ4n) is 2.17. The lowest BCUT2D eigenvalue weighted by molar-refractivity contribution is -0.119. The summed E-state index contributed by atoms with van der Waals surface area (Å²) in [7, 11) is 1.76. The number of hydrogen-bond acceptors (Lipinski definition) is 3. The average molecular weight is 325 g/mol. The van der Waals surface area contributed by atoms with E-state index in [0.29, 0.717) is 18.7 Å². The SMILES string of the molecule is CC(CN)C(=O)Nc1ccc(CC(=O)N(C)c2ccccc2)cc1. The molecule has 0 aliphatic heterocycles. The third-order valence-electron chi connectivity index (χ3n) is 3.90. The van der Waals surface area contributed by atoms with Gasteiger partial charge in [-0.2, -0.15) is 0 Å². The lowest BCUT2D eigenvalue weighted by atomic mass is 10.1. The average Bonchev–Trinajstić information content (AvgIpc) is 2.62. The molecule has 2 aromatic rings. The van der Waals surface area contributed by atoms with Crippen molar-refractivity contribution in [1.29, 1.82) is 0 Å². The van der Waals surface area contributed by atoms with Gasteiger partial charge in [0.2, 0.25) is 11.8 Å². The number of likely N-dealkylation sites (N-methyl/N-ethyl adjacent to an activating group) is 1. The van der Waals surface area contributed by atoms with Gasteiger partial charge in [0.15, 0.2) is 0 Å². The van der Waals surface area contributed by atoms with Crippen molar-refractivity contribution in [3.63, 3.8) is 0 Å². The second kappa shape index (κ2) is 8.26. The standard InChI is InChI=1S/C19H23N3O2/c1-14(13-20)19(24)21-16-10-8-15(9-11-16)12-18(23)22(2)17-6-4-3-5-7-17/h3-11,14H,12-13,20H2,1-2H3,(H,21,24). The highest BCUT2D eigenvalue weighted by atomic mass is 16.2. The summed E-state index contributed by atoms with van der Waals surface area (Å²) < 4.78 is 0. The molecule has 2 amide bonds. The highest BCUT2D eigenvalue weighted by Gasteiger charge is 2.13. The predicted molar refractivity (Wildman–Crippen MR) is 96.8 cm³/mol. The van der Waals surface area contributed by atoms with Crippen molar-refractivity contribution in [2.75, 3.05) is 23.8 Å². The summed E-state index contributed by atoms with van der Waals surface area (Å²) in [5.74, 6) is -0.328. The van der Waals surface area contributed by atoms with E-state index in [9.17, 15) is 9.59 Å². The number of carbonyl (C=O) groups is 2. The summed E-state index contributed by atoms with van der Waals surface area (Å²) in [5, 5.41) is 2.81. The van der Waals surface area contributed by atoms with Gasteiger partial charge in [-0.05, 0) is 29.8 Å². The first-order valence-electron chi connectivity index (χ1n) is 7.92. The number of nitrogens with one attached hydrogen (secondary N) is 1. The maximum atomic E-state index is 12.3. The van der Waals surface area contributed by atoms with E-state index in [1.807, 2.05) is 42.5 Å². The number of carbonyl (C=O) groups excluding carboxylic acids is 2. The molecule has 0 aliphatic carbocycles. The first kappa shape index (κ1) is 17.7. The molecule has 0 heterocycles. The number of anilines is 2. The third kappa shape index (κ3) is 4.67. The molecule has 0 saturated carbocycles. The number of benzene rings is 2. The Balaban J connectivity index is 1.96. The molecule has 1 unspecified atom stereocenters. The molecule has 1 atom stereocenters. The maximum absolute atomic E-state index is 12.3. The molecule has 126 valence electrons. The zero-order chi connectivity index (χ0) is 17.5. The van der Waals surface area contributed by atoms with Gasteiger partial charge in [-0.15, -0.1) is 0 Å². The molecule has 2 rings (SSSR count). The smallest absolute Gasteiger partial charge is 0.231 e. The number of hydrogen-bond donors (Lipinski definition) is 2. The van der Waals surface area contributed by atoms with E-state index in [0.717, 1.165) is 11.3 Å². The maximum Gasteiger partial charge on any atom is 0.231 e. The highest BCUT2D eigenvalue weighted by Crippen LogP contribution is 2.15. The number of nitrogens with zero attached hydrogens (tertiary/aromatic N) is 1. The molecule has 5 heteroatoms. The van der Waals surface area contributed by atoms with Crippen LogP contribution >= 0.6 is 0 Å². The first-order chi connectivity index (χ1) is 11.5. The van der Waals surface area contributed by atoms with Crippen LogP contribution in [0, 0.1) is 5.92 Å². The first-order valence-corrected chi connectivity index (χ1v) is 7.92. The Bertz CT molecular complexity index is 684. The minimum Gasteiger partial charge on any atom is -0.330 e. The summed E-state index contributed by atoms with van der Waals surface area (Å²) in [4.78, 5) is 25.8. The molecule has 0 bridgehead atoms. The molecule has 0 saturated heterocycles. The zero-order valence-electron chi connectivity index (χ0n) is 14.0. The monoisotopic (exact) mass is 325 g/mol. The summed E-state index contributed by atoms with van der Waals surface area (Å²) >= 11 is 0. The van der Waals surface area contributed by atoms with Crippen LogP contribution in [0.5, 0.6) is 0 Å². The van der Waals surface area contributed by atoms with Crippen LogP contribution in [-0.4, -0.2) is 25.4 Å². The Kier molecular flexibility index (Phi) is 6.09. The third-order valence-corrected chi connectivity index (χ3v) is 3.90. The van der Waals surface area contributed by atoms with E-state index in [1.165, 1.54) is 0 Å². The molecule has 0 fully saturated rings. The Morgan fingerprint density at radius 3 is 2.29 bits per heavy atom. The molecule has 0 radical (unpaired) electrons. The van der Waals surface area contributed by atoms with E-state index >= 15 is 0 Å². The van der Waals surface area contributed by atoms with Gasteiger partial charge in [0.1, 0.15) is 0 Å². The van der Waals surface area contributed by atoms with Gasteiger partial charge in [-0.1, -0.05) is 37.3 Å². The molecular formula is C19H23N3O2. The number of amides is 2. The molecule has 0 spiro atoms. The van der Waals surface area contributed by atoms with Crippen molar-refractivity contribution in [2.24, 2.45) is 11.7 Å². The summed E-state index contributed by atoms with van der Waals surface area (Å²) in [5.41, 5.74) is 7.94. The van der Waals surface area contributed by atoms with Crippen LogP contribution in [0.2, 0.25) is 0 Å². The van der Waals surface area contributed by atoms with E-state index in [2.05, 4.69) is 5.32 Å². The molecule has 0 aliphatic rings. The van der Waals surface area contributed by atoms with Crippen LogP contribution in [-0.2, 0) is 16.0 Å². The molecule has 0 aromatic heterocycles. The molecule has 24 heavy (non-hydrogen) atoms. The number of para-hydroxylation sites is 1. The van der Waals surface area contributed by atoms with Crippen molar-refractivity contribution in [2.45, 2.75) is 13.3 Å². The predicted octanol–water partition coefficient (Wildman–Crippen LogP) is 2.43. The van der Waals surface area contributed by atoms with Gasteiger partial charge >= 0.3 is 0 Å². The molecule has 3 N–H and O–H groups in total. The van der Waals surface area contributed by atoms with Gasteiger partial charge < -0.3 is 16.0 Å². The van der Waals surface area contributed by atoms with E-state index in [4.69, 9.17) is 5.73 Å². The van der Waals surface area contributed by atoms with Crippen molar-refractivity contribution in [3.8, 4) is 0 Å². The van der Waals surface area contributed by atoms with Gasteiger partial charge in [0.25, 0.3) is 0 Å². The van der Waals surface area contributed by atoms with Gasteiger partial charge in [-0.25, -0.2) is 0 Å². The van der Waals surface area contributed by atoms with Crippen molar-refractivity contribution < 1.29 is 9.59 Å². The summed E-state index contributed by atoms with van der Waals surface area (Å²) in [6, 6.07) is 16.8. The van der Waals surface area contributed by atoms with Crippen LogP contribution in [0.25, 0.3) is 0 Å². The lowest BCUT2D eigenvalue weighted by Crippen LogP contribution is -2.28. The minimum absolute atomic E-state index is 0.00902. The van der Waals surface area contributed by atoms with E-state index in [-0.39, 0.29) is 17.7 Å². The quantitative estimate of drug-likeness (QED) is 0.856. The summed E-state index contributed by atoms with van der Waals surface area (Å²) in [6.45, 7) is 2.09. The van der Waals surface area contributed by atoms with Crippen LogP contribution in [0.3, 0.4) is 0 Å². The van der Waals surface area contributed by atoms with E-state index in [1.54, 1.807) is 31.0 Å². The molecule has 2 aromatic carbocycles. The van der Waals surface area contributed by atoms with Crippen LogP contribution in [0.4, 0.5) is 11.4 Å².